The summed E-state index contributed by atoms with van der Waals surface area (Å²) < 4.78 is 5.70. The number of aromatic nitrogens is 2. The van der Waals surface area contributed by atoms with Gasteiger partial charge in [0.05, 0.1) is 18.4 Å². The molecule has 2 saturated heterocycles. The maximum absolute atomic E-state index is 12.6. The van der Waals surface area contributed by atoms with Gasteiger partial charge in [-0.2, -0.15) is 0 Å². The number of likely N-dealkylation sites (tertiary alicyclic amines) is 2. The van der Waals surface area contributed by atoms with E-state index in [4.69, 9.17) is 16.3 Å². The topological polar surface area (TPSA) is 78.5 Å². The molecule has 2 aliphatic heterocycles. The largest absolute Gasteiger partial charge is 0.483 e. The van der Waals surface area contributed by atoms with Gasteiger partial charge < -0.3 is 19.5 Å². The SMILES string of the molecule is Cc1cc(Cl)ccc1OCC(=O)N1C[C@@H]2CN(C(=O)Cc3nc[nH]c3C)CC[C@@H]21. The Kier molecular flexibility index (Phi) is 5.50. The summed E-state index contributed by atoms with van der Waals surface area (Å²) in [7, 11) is 0. The second-order valence-electron chi connectivity index (χ2n) is 7.85. The summed E-state index contributed by atoms with van der Waals surface area (Å²) >= 11 is 5.96. The highest BCUT2D eigenvalue weighted by Crippen LogP contribution is 2.33. The number of carbonyl (C=O) groups is 2. The monoisotopic (exact) mass is 416 g/mol. The number of aromatic amines is 1. The minimum Gasteiger partial charge on any atom is -0.483 e. The lowest BCUT2D eigenvalue weighted by molar-refractivity contribution is -0.153. The molecular weight excluding hydrogens is 392 g/mol. The molecular formula is C21H25ClN4O3. The van der Waals surface area contributed by atoms with Gasteiger partial charge in [0.1, 0.15) is 5.75 Å². The Balaban J connectivity index is 1.26. The minimum absolute atomic E-state index is 0.00692. The summed E-state index contributed by atoms with van der Waals surface area (Å²) in [6.07, 6.45) is 2.75. The van der Waals surface area contributed by atoms with E-state index >= 15 is 0 Å². The fourth-order valence-electron chi connectivity index (χ4n) is 4.19. The summed E-state index contributed by atoms with van der Waals surface area (Å²) in [6, 6.07) is 5.56. The molecule has 4 rings (SSSR count). The van der Waals surface area contributed by atoms with Gasteiger partial charge in [-0.3, -0.25) is 9.59 Å². The van der Waals surface area contributed by atoms with Crippen LogP contribution in [0.5, 0.6) is 5.75 Å². The van der Waals surface area contributed by atoms with Gasteiger partial charge in [-0.15, -0.1) is 0 Å². The molecule has 2 atom stereocenters. The molecule has 0 saturated carbocycles. The Hall–Kier alpha value is -2.54. The molecule has 2 aromatic rings. The van der Waals surface area contributed by atoms with E-state index in [1.54, 1.807) is 18.5 Å². The standard InChI is InChI=1S/C21H25ClN4O3/c1-13-7-16(22)3-4-19(13)29-11-21(28)26-10-15-9-25(6-5-18(15)26)20(27)8-17-14(2)23-12-24-17/h3-4,7,12,15,18H,5-6,8-11H2,1-2H3,(H,23,24)/t15-,18-/m0/s1. The summed E-state index contributed by atoms with van der Waals surface area (Å²) in [4.78, 5) is 36.2. The number of hydrogen-bond acceptors (Lipinski definition) is 4. The molecule has 154 valence electrons. The predicted octanol–water partition coefficient (Wildman–Crippen LogP) is 2.36. The molecule has 2 aliphatic rings. The molecule has 8 heteroatoms. The molecule has 0 bridgehead atoms. The summed E-state index contributed by atoms with van der Waals surface area (Å²) in [5, 5.41) is 0.649. The minimum atomic E-state index is -0.00692. The molecule has 2 amide bonds. The number of imidazole rings is 1. The lowest BCUT2D eigenvalue weighted by Crippen LogP contribution is -2.66. The van der Waals surface area contributed by atoms with E-state index in [0.29, 0.717) is 42.7 Å². The molecule has 1 aromatic carbocycles. The van der Waals surface area contributed by atoms with Crippen molar-refractivity contribution in [2.75, 3.05) is 26.2 Å². The molecule has 0 radical (unpaired) electrons. The van der Waals surface area contributed by atoms with Gasteiger partial charge in [0.15, 0.2) is 6.61 Å². The van der Waals surface area contributed by atoms with E-state index in [2.05, 4.69) is 9.97 Å². The number of halogens is 1. The van der Waals surface area contributed by atoms with E-state index in [9.17, 15) is 9.59 Å². The lowest BCUT2D eigenvalue weighted by atomic mass is 9.82. The van der Waals surface area contributed by atoms with Gasteiger partial charge in [-0.25, -0.2) is 4.98 Å². The average Bonchev–Trinajstić information content (AvgIpc) is 3.06. The summed E-state index contributed by atoms with van der Waals surface area (Å²) in [5.41, 5.74) is 2.65. The van der Waals surface area contributed by atoms with Crippen LogP contribution in [0.2, 0.25) is 5.02 Å². The third-order valence-electron chi connectivity index (χ3n) is 5.94. The number of carbonyl (C=O) groups excluding carboxylic acids is 2. The van der Waals surface area contributed by atoms with Crippen molar-refractivity contribution in [2.45, 2.75) is 32.7 Å². The van der Waals surface area contributed by atoms with Crippen molar-refractivity contribution in [1.29, 1.82) is 0 Å². The molecule has 0 spiro atoms. The van der Waals surface area contributed by atoms with Crippen molar-refractivity contribution in [3.05, 3.63) is 46.5 Å². The van der Waals surface area contributed by atoms with E-state index in [1.165, 1.54) is 0 Å². The molecule has 3 heterocycles. The van der Waals surface area contributed by atoms with Crippen molar-refractivity contribution in [3.8, 4) is 5.75 Å². The maximum atomic E-state index is 12.6. The van der Waals surface area contributed by atoms with E-state index in [-0.39, 0.29) is 24.5 Å². The van der Waals surface area contributed by atoms with Crippen molar-refractivity contribution in [3.63, 3.8) is 0 Å². The number of nitrogens with zero attached hydrogens (tertiary/aromatic N) is 3. The number of benzene rings is 1. The van der Waals surface area contributed by atoms with Gasteiger partial charge in [-0.1, -0.05) is 11.6 Å². The molecule has 0 unspecified atom stereocenters. The molecule has 1 aromatic heterocycles. The van der Waals surface area contributed by atoms with Gasteiger partial charge in [0.25, 0.3) is 5.91 Å². The average molecular weight is 417 g/mol. The Morgan fingerprint density at radius 3 is 2.79 bits per heavy atom. The fourth-order valence-corrected chi connectivity index (χ4v) is 4.42. The Bertz CT molecular complexity index is 928. The normalized spacial score (nSPS) is 20.8. The smallest absolute Gasteiger partial charge is 0.260 e. The first-order chi connectivity index (χ1) is 13.9. The zero-order valence-corrected chi connectivity index (χ0v) is 17.4. The number of piperidine rings is 1. The molecule has 1 N–H and O–H groups in total. The molecule has 0 aliphatic carbocycles. The fraction of sp³-hybridized carbons (Fsp3) is 0.476. The first kappa shape index (κ1) is 19.8. The van der Waals surface area contributed by atoms with E-state index in [1.807, 2.05) is 29.7 Å². The number of aryl methyl sites for hydroxylation is 2. The predicted molar refractivity (Wildman–Crippen MR) is 109 cm³/mol. The van der Waals surface area contributed by atoms with Crippen LogP contribution in [-0.2, 0) is 16.0 Å². The van der Waals surface area contributed by atoms with Crippen molar-refractivity contribution < 1.29 is 14.3 Å². The van der Waals surface area contributed by atoms with Crippen molar-refractivity contribution in [1.82, 2.24) is 19.8 Å². The Labute approximate surface area is 175 Å². The number of nitrogens with one attached hydrogen (secondary N) is 1. The van der Waals surface area contributed by atoms with Crippen LogP contribution in [0, 0.1) is 19.8 Å². The maximum Gasteiger partial charge on any atom is 0.260 e. The number of ether oxygens (including phenoxy) is 1. The second kappa shape index (κ2) is 8.06. The van der Waals surface area contributed by atoms with Crippen LogP contribution in [0.1, 0.15) is 23.4 Å². The van der Waals surface area contributed by atoms with Gasteiger partial charge in [0.2, 0.25) is 5.91 Å². The Morgan fingerprint density at radius 1 is 1.28 bits per heavy atom. The van der Waals surface area contributed by atoms with Crippen LogP contribution in [0.3, 0.4) is 0 Å². The molecule has 2 fully saturated rings. The van der Waals surface area contributed by atoms with Crippen LogP contribution >= 0.6 is 11.6 Å². The van der Waals surface area contributed by atoms with Crippen LogP contribution in [0.15, 0.2) is 24.5 Å². The Morgan fingerprint density at radius 2 is 2.10 bits per heavy atom. The van der Waals surface area contributed by atoms with Gasteiger partial charge >= 0.3 is 0 Å². The number of amides is 2. The first-order valence-electron chi connectivity index (χ1n) is 9.87. The highest BCUT2D eigenvalue weighted by atomic mass is 35.5. The molecule has 7 nitrogen and oxygen atoms in total. The summed E-state index contributed by atoms with van der Waals surface area (Å²) in [5.74, 6) is 1.11. The highest BCUT2D eigenvalue weighted by molar-refractivity contribution is 6.30. The molecule has 29 heavy (non-hydrogen) atoms. The number of fused-ring (bicyclic) bond motifs is 1. The van der Waals surface area contributed by atoms with Gasteiger partial charge in [0, 0.05) is 42.3 Å². The number of hydrogen-bond donors (Lipinski definition) is 1. The summed E-state index contributed by atoms with van der Waals surface area (Å²) in [6.45, 7) is 5.90. The third-order valence-corrected chi connectivity index (χ3v) is 6.17. The lowest BCUT2D eigenvalue weighted by Gasteiger charge is -2.53. The van der Waals surface area contributed by atoms with Crippen molar-refractivity contribution in [2.24, 2.45) is 5.92 Å². The van der Waals surface area contributed by atoms with Crippen LogP contribution in [0.4, 0.5) is 0 Å². The first-order valence-corrected chi connectivity index (χ1v) is 10.2. The van der Waals surface area contributed by atoms with E-state index in [0.717, 1.165) is 23.4 Å². The second-order valence-corrected chi connectivity index (χ2v) is 8.29. The zero-order chi connectivity index (χ0) is 20.5. The number of H-pyrrole nitrogens is 1. The number of rotatable bonds is 5. The third kappa shape index (κ3) is 4.10. The highest BCUT2D eigenvalue weighted by Gasteiger charge is 2.45. The van der Waals surface area contributed by atoms with Crippen LogP contribution in [0.25, 0.3) is 0 Å². The zero-order valence-electron chi connectivity index (χ0n) is 16.7. The van der Waals surface area contributed by atoms with E-state index < -0.39 is 0 Å². The van der Waals surface area contributed by atoms with Crippen LogP contribution in [-0.4, -0.2) is 63.9 Å². The van der Waals surface area contributed by atoms with Crippen molar-refractivity contribution >= 4 is 23.4 Å². The quantitative estimate of drug-likeness (QED) is 0.811. The van der Waals surface area contributed by atoms with Gasteiger partial charge in [-0.05, 0) is 44.0 Å². The van der Waals surface area contributed by atoms with Crippen LogP contribution < -0.4 is 4.74 Å².